The van der Waals surface area contributed by atoms with Crippen LogP contribution in [0.4, 0.5) is 5.82 Å². The number of benzene rings is 2. The van der Waals surface area contributed by atoms with Gasteiger partial charge in [0.05, 0.1) is 0 Å². The molecule has 0 saturated carbocycles. The van der Waals surface area contributed by atoms with Crippen LogP contribution in [0.15, 0.2) is 55.0 Å². The Morgan fingerprint density at radius 1 is 1.17 bits per heavy atom. The molecule has 4 rings (SSSR count). The van der Waals surface area contributed by atoms with Crippen LogP contribution in [0, 0.1) is 0 Å². The van der Waals surface area contributed by atoms with E-state index in [0.717, 1.165) is 35.0 Å². The van der Waals surface area contributed by atoms with Gasteiger partial charge in [0.2, 0.25) is 5.60 Å². The van der Waals surface area contributed by atoms with E-state index in [0.29, 0.717) is 31.7 Å². The van der Waals surface area contributed by atoms with Gasteiger partial charge in [-0.05, 0) is 29.3 Å². The van der Waals surface area contributed by atoms with Crippen LogP contribution in [0.3, 0.4) is 0 Å². The molecular formula is C23H25N3O3. The number of aryl methyl sites for hydroxylation is 1. The fourth-order valence-corrected chi connectivity index (χ4v) is 3.98. The third kappa shape index (κ3) is 3.88. The van der Waals surface area contributed by atoms with Crippen LogP contribution >= 0.6 is 0 Å². The van der Waals surface area contributed by atoms with Gasteiger partial charge in [-0.2, -0.15) is 0 Å². The fraction of sp³-hybridized carbons (Fsp3) is 0.348. The molecule has 0 unspecified atom stereocenters. The number of ether oxygens (including phenoxy) is 1. The zero-order valence-corrected chi connectivity index (χ0v) is 16.5. The molecule has 6 nitrogen and oxygen atoms in total. The number of anilines is 1. The normalized spacial score (nSPS) is 16.0. The molecule has 1 aromatic heterocycles. The first-order valence-corrected chi connectivity index (χ1v) is 10.1. The maximum atomic E-state index is 12.2. The second kappa shape index (κ2) is 8.07. The number of hydrogen-bond acceptors (Lipinski definition) is 5. The van der Waals surface area contributed by atoms with Crippen molar-refractivity contribution in [1.82, 2.24) is 9.97 Å². The minimum Gasteiger partial charge on any atom is -0.478 e. The quantitative estimate of drug-likeness (QED) is 0.682. The monoisotopic (exact) mass is 391 g/mol. The lowest BCUT2D eigenvalue weighted by Crippen LogP contribution is -2.53. The lowest BCUT2D eigenvalue weighted by Gasteiger charge is -2.39. The molecule has 3 aromatic rings. The highest BCUT2D eigenvalue weighted by atomic mass is 16.5. The molecule has 1 N–H and O–H groups in total. The van der Waals surface area contributed by atoms with Crippen LogP contribution in [-0.4, -0.2) is 39.7 Å². The van der Waals surface area contributed by atoms with Crippen LogP contribution in [0.2, 0.25) is 0 Å². The number of aromatic nitrogens is 2. The number of carboxylic acids is 1. The highest BCUT2D eigenvalue weighted by Gasteiger charge is 2.44. The van der Waals surface area contributed by atoms with Gasteiger partial charge in [0.15, 0.2) is 0 Å². The van der Waals surface area contributed by atoms with Gasteiger partial charge in [-0.15, -0.1) is 0 Å². The van der Waals surface area contributed by atoms with E-state index in [4.69, 9.17) is 4.74 Å². The number of aliphatic carboxylic acids is 1. The number of rotatable bonds is 6. The SMILES string of the molecule is CCCc1cncnc1N1CCC(Oc2ccc3ccccc3c2)(C(=O)O)CC1. The lowest BCUT2D eigenvalue weighted by molar-refractivity contribution is -0.157. The van der Waals surface area contributed by atoms with Gasteiger partial charge < -0.3 is 14.7 Å². The van der Waals surface area contributed by atoms with Crippen molar-refractivity contribution in [3.63, 3.8) is 0 Å². The predicted molar refractivity (Wildman–Crippen MR) is 112 cm³/mol. The van der Waals surface area contributed by atoms with Crippen LogP contribution < -0.4 is 9.64 Å². The predicted octanol–water partition coefficient (Wildman–Crippen LogP) is 4.08. The van der Waals surface area contributed by atoms with Crippen LogP contribution in [0.5, 0.6) is 5.75 Å². The van der Waals surface area contributed by atoms with Crippen molar-refractivity contribution < 1.29 is 14.6 Å². The van der Waals surface area contributed by atoms with Gasteiger partial charge in [0.25, 0.3) is 0 Å². The number of hydrogen-bond donors (Lipinski definition) is 1. The summed E-state index contributed by atoms with van der Waals surface area (Å²) < 4.78 is 6.12. The average Bonchev–Trinajstić information content (AvgIpc) is 2.75. The second-order valence-corrected chi connectivity index (χ2v) is 7.52. The Bertz CT molecular complexity index is 1010. The van der Waals surface area contributed by atoms with E-state index >= 15 is 0 Å². The average molecular weight is 391 g/mol. The van der Waals surface area contributed by atoms with Crippen molar-refractivity contribution in [2.24, 2.45) is 0 Å². The zero-order chi connectivity index (χ0) is 20.3. The van der Waals surface area contributed by atoms with Gasteiger partial charge >= 0.3 is 5.97 Å². The highest BCUT2D eigenvalue weighted by Crippen LogP contribution is 2.33. The molecule has 0 atom stereocenters. The number of nitrogens with zero attached hydrogens (tertiary/aromatic N) is 3. The first kappa shape index (κ1) is 19.2. The summed E-state index contributed by atoms with van der Waals surface area (Å²) in [5.41, 5.74) is -0.120. The Balaban J connectivity index is 1.54. The molecule has 0 radical (unpaired) electrons. The molecule has 1 aliphatic rings. The summed E-state index contributed by atoms with van der Waals surface area (Å²) in [6.45, 7) is 3.28. The summed E-state index contributed by atoms with van der Waals surface area (Å²) in [4.78, 5) is 22.9. The summed E-state index contributed by atoms with van der Waals surface area (Å²) in [6.07, 6.45) is 6.12. The summed E-state index contributed by atoms with van der Waals surface area (Å²) in [5.74, 6) is 0.585. The van der Waals surface area contributed by atoms with E-state index in [1.165, 1.54) is 0 Å². The Labute approximate surface area is 170 Å². The first-order chi connectivity index (χ1) is 14.1. The van der Waals surface area contributed by atoms with Crippen molar-refractivity contribution in [2.75, 3.05) is 18.0 Å². The van der Waals surface area contributed by atoms with Gasteiger partial charge in [0, 0.05) is 37.7 Å². The lowest BCUT2D eigenvalue weighted by atomic mass is 9.90. The number of carbonyl (C=O) groups is 1. The maximum absolute atomic E-state index is 12.2. The van der Waals surface area contributed by atoms with Gasteiger partial charge in [-0.3, -0.25) is 0 Å². The largest absolute Gasteiger partial charge is 0.478 e. The smallest absolute Gasteiger partial charge is 0.348 e. The zero-order valence-electron chi connectivity index (χ0n) is 16.5. The third-order valence-corrected chi connectivity index (χ3v) is 5.58. The Morgan fingerprint density at radius 2 is 1.93 bits per heavy atom. The molecule has 0 amide bonds. The fourth-order valence-electron chi connectivity index (χ4n) is 3.98. The van der Waals surface area contributed by atoms with E-state index in [1.807, 2.05) is 48.7 Å². The molecule has 29 heavy (non-hydrogen) atoms. The molecule has 1 saturated heterocycles. The van der Waals surface area contributed by atoms with Crippen LogP contribution in [-0.2, 0) is 11.2 Å². The molecule has 1 fully saturated rings. The van der Waals surface area contributed by atoms with Crippen molar-refractivity contribution in [3.8, 4) is 5.75 Å². The molecule has 150 valence electrons. The Kier molecular flexibility index (Phi) is 5.34. The van der Waals surface area contributed by atoms with E-state index < -0.39 is 11.6 Å². The Morgan fingerprint density at radius 3 is 2.66 bits per heavy atom. The summed E-state index contributed by atoms with van der Waals surface area (Å²) in [7, 11) is 0. The van der Waals surface area contributed by atoms with Crippen LogP contribution in [0.25, 0.3) is 10.8 Å². The Hall–Kier alpha value is -3.15. The number of carboxylic acid groups (broad SMARTS) is 1. The molecule has 1 aliphatic heterocycles. The van der Waals surface area contributed by atoms with Crippen molar-refractivity contribution >= 4 is 22.6 Å². The second-order valence-electron chi connectivity index (χ2n) is 7.52. The molecule has 0 bridgehead atoms. The third-order valence-electron chi connectivity index (χ3n) is 5.58. The van der Waals surface area contributed by atoms with E-state index in [-0.39, 0.29) is 0 Å². The highest BCUT2D eigenvalue weighted by molar-refractivity contribution is 5.84. The van der Waals surface area contributed by atoms with Crippen molar-refractivity contribution in [3.05, 3.63) is 60.6 Å². The number of piperidine rings is 1. The molecule has 2 aromatic carbocycles. The molecule has 2 heterocycles. The van der Waals surface area contributed by atoms with E-state index in [9.17, 15) is 9.90 Å². The first-order valence-electron chi connectivity index (χ1n) is 10.1. The van der Waals surface area contributed by atoms with Gasteiger partial charge in [-0.25, -0.2) is 14.8 Å². The number of fused-ring (bicyclic) bond motifs is 1. The molecule has 0 spiro atoms. The summed E-state index contributed by atoms with van der Waals surface area (Å²) in [6, 6.07) is 13.7. The molecule has 0 aliphatic carbocycles. The minimum absolute atomic E-state index is 0.394. The van der Waals surface area contributed by atoms with Gasteiger partial charge in [0.1, 0.15) is 17.9 Å². The van der Waals surface area contributed by atoms with Gasteiger partial charge in [-0.1, -0.05) is 43.7 Å². The molecular weight excluding hydrogens is 366 g/mol. The van der Waals surface area contributed by atoms with E-state index in [2.05, 4.69) is 21.8 Å². The summed E-state index contributed by atoms with van der Waals surface area (Å²) >= 11 is 0. The maximum Gasteiger partial charge on any atom is 0.348 e. The topological polar surface area (TPSA) is 75.5 Å². The van der Waals surface area contributed by atoms with E-state index in [1.54, 1.807) is 6.33 Å². The summed E-state index contributed by atoms with van der Waals surface area (Å²) in [5, 5.41) is 12.1. The standard InChI is InChI=1S/C23H25N3O3/c1-2-5-19-15-24-16-25-21(19)26-12-10-23(11-13-26,22(27)28)29-20-9-8-17-6-3-4-7-18(17)14-20/h3-4,6-9,14-16H,2,5,10-13H2,1H3,(H,27,28). The van der Waals surface area contributed by atoms with Crippen molar-refractivity contribution in [2.45, 2.75) is 38.2 Å². The van der Waals surface area contributed by atoms with Crippen molar-refractivity contribution in [1.29, 1.82) is 0 Å². The molecule has 6 heteroatoms. The van der Waals surface area contributed by atoms with Crippen LogP contribution in [0.1, 0.15) is 31.7 Å². The minimum atomic E-state index is -1.23.